The molecule has 3 rings (SSSR count). The van der Waals surface area contributed by atoms with E-state index in [1.807, 2.05) is 13.8 Å². The molecule has 0 saturated carbocycles. The first-order chi connectivity index (χ1) is 15.2. The second kappa shape index (κ2) is 9.42. The predicted octanol–water partition coefficient (Wildman–Crippen LogP) is 5.35. The molecule has 1 atom stereocenters. The molecule has 0 radical (unpaired) electrons. The number of hydrogen-bond donors (Lipinski definition) is 1. The molecule has 0 aliphatic carbocycles. The Balaban J connectivity index is 2.03. The third-order valence-electron chi connectivity index (χ3n) is 5.28. The quantitative estimate of drug-likeness (QED) is 0.555. The van der Waals surface area contributed by atoms with E-state index in [2.05, 4.69) is 10.3 Å². The van der Waals surface area contributed by atoms with Gasteiger partial charge in [-0.15, -0.1) is 0 Å². The molecule has 0 fully saturated rings. The topological polar surface area (TPSA) is 67.2 Å². The number of anilines is 1. The van der Waals surface area contributed by atoms with Crippen molar-refractivity contribution in [2.24, 2.45) is 7.05 Å². The highest BCUT2D eigenvalue weighted by Crippen LogP contribution is 2.35. The van der Waals surface area contributed by atoms with Crippen molar-refractivity contribution < 1.29 is 18.0 Å². The number of carbonyl (C=O) groups excluding carboxylic acids is 1. The number of amides is 2. The van der Waals surface area contributed by atoms with Gasteiger partial charge in [0.05, 0.1) is 28.2 Å². The van der Waals surface area contributed by atoms with Crippen LogP contribution < -0.4 is 10.9 Å². The number of aromatic nitrogens is 2. The zero-order chi connectivity index (χ0) is 23.5. The van der Waals surface area contributed by atoms with Crippen LogP contribution in [0.15, 0.2) is 53.3 Å². The summed E-state index contributed by atoms with van der Waals surface area (Å²) in [7, 11) is 1.58. The molecule has 0 aliphatic rings. The van der Waals surface area contributed by atoms with E-state index in [0.717, 1.165) is 6.07 Å². The minimum atomic E-state index is -4.60. The highest BCUT2D eigenvalue weighted by atomic mass is 19.4. The minimum Gasteiger partial charge on any atom is -0.314 e. The lowest BCUT2D eigenvalue weighted by Crippen LogP contribution is -2.41. The number of carbonyl (C=O) groups is 1. The number of hydrogen-bond acceptors (Lipinski definition) is 3. The van der Waals surface area contributed by atoms with Gasteiger partial charge in [-0.2, -0.15) is 13.2 Å². The van der Waals surface area contributed by atoms with Gasteiger partial charge in [-0.3, -0.25) is 9.36 Å². The number of nitrogens with one attached hydrogen (secondary N) is 1. The highest BCUT2D eigenvalue weighted by molar-refractivity contribution is 5.90. The summed E-state index contributed by atoms with van der Waals surface area (Å²) >= 11 is 0. The molecule has 0 bridgehead atoms. The van der Waals surface area contributed by atoms with E-state index in [9.17, 15) is 22.8 Å². The number of alkyl halides is 3. The molecule has 0 aliphatic heterocycles. The van der Waals surface area contributed by atoms with Gasteiger partial charge in [0, 0.05) is 13.6 Å². The molecule has 1 unspecified atom stereocenters. The van der Waals surface area contributed by atoms with Crippen molar-refractivity contribution in [3.05, 3.63) is 70.3 Å². The maximum absolute atomic E-state index is 13.4. The minimum absolute atomic E-state index is 0.247. The van der Waals surface area contributed by atoms with Gasteiger partial charge < -0.3 is 10.2 Å². The van der Waals surface area contributed by atoms with Crippen LogP contribution in [-0.4, -0.2) is 27.0 Å². The summed E-state index contributed by atoms with van der Waals surface area (Å²) in [6.07, 6.45) is -3.60. The maximum atomic E-state index is 13.4. The Hall–Kier alpha value is -3.36. The van der Waals surface area contributed by atoms with Crippen LogP contribution >= 0.6 is 0 Å². The molecule has 9 heteroatoms. The van der Waals surface area contributed by atoms with Crippen LogP contribution in [-0.2, 0) is 13.2 Å². The summed E-state index contributed by atoms with van der Waals surface area (Å²) in [5.41, 5.74) is -0.984. The third kappa shape index (κ3) is 4.61. The van der Waals surface area contributed by atoms with Crippen LogP contribution in [0.2, 0.25) is 0 Å². The van der Waals surface area contributed by atoms with Crippen molar-refractivity contribution >= 4 is 22.6 Å². The fourth-order valence-corrected chi connectivity index (χ4v) is 3.74. The first-order valence-corrected chi connectivity index (χ1v) is 10.4. The Morgan fingerprint density at radius 1 is 1.12 bits per heavy atom. The third-order valence-corrected chi connectivity index (χ3v) is 5.28. The average molecular weight is 446 g/mol. The summed E-state index contributed by atoms with van der Waals surface area (Å²) in [5.74, 6) is 0.379. The number of benzene rings is 2. The summed E-state index contributed by atoms with van der Waals surface area (Å²) in [6, 6.07) is 10.5. The van der Waals surface area contributed by atoms with Gasteiger partial charge in [0.15, 0.2) is 0 Å². The normalized spacial score (nSPS) is 12.6. The molecule has 32 heavy (non-hydrogen) atoms. The Morgan fingerprint density at radius 3 is 2.44 bits per heavy atom. The Kier molecular flexibility index (Phi) is 6.86. The van der Waals surface area contributed by atoms with Crippen LogP contribution in [0.4, 0.5) is 23.7 Å². The van der Waals surface area contributed by atoms with Gasteiger partial charge in [0.1, 0.15) is 5.82 Å². The van der Waals surface area contributed by atoms with Crippen molar-refractivity contribution in [3.8, 4) is 0 Å². The first-order valence-electron chi connectivity index (χ1n) is 10.4. The fraction of sp³-hybridized carbons (Fsp3) is 0.348. The number of urea groups is 1. The van der Waals surface area contributed by atoms with Gasteiger partial charge in [0.25, 0.3) is 5.56 Å². The van der Waals surface area contributed by atoms with E-state index in [4.69, 9.17) is 0 Å². The smallest absolute Gasteiger partial charge is 0.314 e. The second-order valence-electron chi connectivity index (χ2n) is 7.44. The SMILES string of the molecule is CCCN(C(=O)Nc1ccccc1C(F)(F)F)C(CC)c1nc2ccccc2c(=O)n1C. The Morgan fingerprint density at radius 2 is 1.78 bits per heavy atom. The van der Waals surface area contributed by atoms with Crippen LogP contribution in [0.3, 0.4) is 0 Å². The number of rotatable bonds is 6. The second-order valence-corrected chi connectivity index (χ2v) is 7.44. The molecule has 1 heterocycles. The Bertz CT molecular complexity index is 1170. The summed E-state index contributed by atoms with van der Waals surface area (Å²) in [6.45, 7) is 3.98. The molecule has 1 aromatic heterocycles. The summed E-state index contributed by atoms with van der Waals surface area (Å²) in [5, 5.41) is 2.87. The van der Waals surface area contributed by atoms with Gasteiger partial charge >= 0.3 is 12.2 Å². The van der Waals surface area contributed by atoms with Crippen LogP contribution in [0.25, 0.3) is 10.9 Å². The number of para-hydroxylation sites is 2. The van der Waals surface area contributed by atoms with E-state index in [-0.39, 0.29) is 17.8 Å². The fourth-order valence-electron chi connectivity index (χ4n) is 3.74. The maximum Gasteiger partial charge on any atom is 0.418 e. The van der Waals surface area contributed by atoms with Gasteiger partial charge in [0.2, 0.25) is 0 Å². The lowest BCUT2D eigenvalue weighted by molar-refractivity contribution is -0.136. The molecule has 3 aromatic rings. The number of halogens is 3. The highest BCUT2D eigenvalue weighted by Gasteiger charge is 2.34. The average Bonchev–Trinajstić information content (AvgIpc) is 2.76. The van der Waals surface area contributed by atoms with E-state index < -0.39 is 23.8 Å². The van der Waals surface area contributed by atoms with E-state index >= 15 is 0 Å². The van der Waals surface area contributed by atoms with Crippen molar-refractivity contribution in [1.82, 2.24) is 14.5 Å². The van der Waals surface area contributed by atoms with Crippen molar-refractivity contribution in [2.45, 2.75) is 38.9 Å². The molecule has 1 N–H and O–H groups in total. The molecule has 2 amide bonds. The van der Waals surface area contributed by atoms with Crippen LogP contribution in [0, 0.1) is 0 Å². The van der Waals surface area contributed by atoms with Crippen LogP contribution in [0.1, 0.15) is 44.1 Å². The number of fused-ring (bicyclic) bond motifs is 1. The molecule has 170 valence electrons. The zero-order valence-corrected chi connectivity index (χ0v) is 18.1. The molecule has 6 nitrogen and oxygen atoms in total. The lowest BCUT2D eigenvalue weighted by atomic mass is 10.1. The van der Waals surface area contributed by atoms with Crippen molar-refractivity contribution in [2.75, 3.05) is 11.9 Å². The van der Waals surface area contributed by atoms with Gasteiger partial charge in [-0.05, 0) is 37.1 Å². The van der Waals surface area contributed by atoms with Gasteiger partial charge in [-0.25, -0.2) is 9.78 Å². The molecule has 0 saturated heterocycles. The zero-order valence-electron chi connectivity index (χ0n) is 18.1. The van der Waals surface area contributed by atoms with E-state index in [1.54, 1.807) is 31.3 Å². The monoisotopic (exact) mass is 446 g/mol. The van der Waals surface area contributed by atoms with Crippen LogP contribution in [0.5, 0.6) is 0 Å². The standard InChI is InChI=1S/C23H25F3N4O2/c1-4-14-30(22(32)28-18-13-9-7-11-16(18)23(24,25)26)19(5-2)20-27-17-12-8-6-10-15(17)21(31)29(20)3/h6-13,19H,4-5,14H2,1-3H3,(H,28,32). The van der Waals surface area contributed by atoms with Crippen molar-refractivity contribution in [3.63, 3.8) is 0 Å². The molecule has 0 spiro atoms. The van der Waals surface area contributed by atoms with Gasteiger partial charge in [-0.1, -0.05) is 38.1 Å². The van der Waals surface area contributed by atoms with Crippen molar-refractivity contribution in [1.29, 1.82) is 0 Å². The summed E-state index contributed by atoms with van der Waals surface area (Å²) < 4.78 is 41.5. The molecular formula is C23H25F3N4O2. The Labute approximate surface area is 183 Å². The first kappa shape index (κ1) is 23.3. The molecule has 2 aromatic carbocycles. The predicted molar refractivity (Wildman–Crippen MR) is 117 cm³/mol. The lowest BCUT2D eigenvalue weighted by Gasteiger charge is -2.32. The largest absolute Gasteiger partial charge is 0.418 e. The summed E-state index contributed by atoms with van der Waals surface area (Å²) in [4.78, 5) is 32.0. The van der Waals surface area contributed by atoms with E-state index in [0.29, 0.717) is 29.6 Å². The number of nitrogens with zero attached hydrogens (tertiary/aromatic N) is 3. The van der Waals surface area contributed by atoms with E-state index in [1.165, 1.54) is 27.7 Å². The molecular weight excluding hydrogens is 421 g/mol.